The molecule has 1 heterocycles. The van der Waals surface area contributed by atoms with E-state index >= 15 is 0 Å². The van der Waals surface area contributed by atoms with Gasteiger partial charge in [-0.1, -0.05) is 31.2 Å². The SMILES string of the molecule is CCc1ccc(CCC(=O)N2CCCN(C(=O)NC(C)C)CC2)cc1. The number of aryl methyl sites for hydroxylation is 2. The molecule has 0 saturated carbocycles. The van der Waals surface area contributed by atoms with Crippen molar-refractivity contribution in [2.45, 2.75) is 52.5 Å². The minimum Gasteiger partial charge on any atom is -0.341 e. The van der Waals surface area contributed by atoms with Crippen LogP contribution in [0.1, 0.15) is 44.7 Å². The molecule has 3 amide bonds. The molecule has 0 aliphatic carbocycles. The van der Waals surface area contributed by atoms with Crippen LogP contribution in [0.4, 0.5) is 4.79 Å². The molecule has 1 aliphatic heterocycles. The number of hydrogen-bond donors (Lipinski definition) is 1. The van der Waals surface area contributed by atoms with Gasteiger partial charge in [0.1, 0.15) is 0 Å². The summed E-state index contributed by atoms with van der Waals surface area (Å²) in [7, 11) is 0. The number of carbonyl (C=O) groups is 2. The van der Waals surface area contributed by atoms with Gasteiger partial charge in [-0.2, -0.15) is 0 Å². The molecule has 5 nitrogen and oxygen atoms in total. The smallest absolute Gasteiger partial charge is 0.317 e. The lowest BCUT2D eigenvalue weighted by Crippen LogP contribution is -2.44. The number of hydrogen-bond acceptors (Lipinski definition) is 2. The largest absolute Gasteiger partial charge is 0.341 e. The molecule has 2 rings (SSSR count). The Kier molecular flexibility index (Phi) is 7.29. The first-order valence-electron chi connectivity index (χ1n) is 9.40. The Morgan fingerprint density at radius 3 is 2.24 bits per heavy atom. The first-order valence-corrected chi connectivity index (χ1v) is 9.40. The van der Waals surface area contributed by atoms with Crippen LogP contribution >= 0.6 is 0 Å². The van der Waals surface area contributed by atoms with E-state index in [4.69, 9.17) is 0 Å². The average molecular weight is 345 g/mol. The summed E-state index contributed by atoms with van der Waals surface area (Å²) in [6, 6.07) is 8.61. The van der Waals surface area contributed by atoms with Crippen LogP contribution in [0, 0.1) is 0 Å². The highest BCUT2D eigenvalue weighted by atomic mass is 16.2. The third-order valence-electron chi connectivity index (χ3n) is 4.61. The topological polar surface area (TPSA) is 52.7 Å². The highest BCUT2D eigenvalue weighted by molar-refractivity contribution is 5.77. The van der Waals surface area contributed by atoms with E-state index in [1.807, 2.05) is 23.6 Å². The van der Waals surface area contributed by atoms with Crippen molar-refractivity contribution in [3.63, 3.8) is 0 Å². The Balaban J connectivity index is 1.80. The molecule has 1 saturated heterocycles. The van der Waals surface area contributed by atoms with Crippen LogP contribution in [0.5, 0.6) is 0 Å². The van der Waals surface area contributed by atoms with E-state index in [-0.39, 0.29) is 18.0 Å². The third-order valence-corrected chi connectivity index (χ3v) is 4.61. The van der Waals surface area contributed by atoms with E-state index in [1.54, 1.807) is 0 Å². The van der Waals surface area contributed by atoms with Gasteiger partial charge < -0.3 is 15.1 Å². The van der Waals surface area contributed by atoms with E-state index in [1.165, 1.54) is 11.1 Å². The second kappa shape index (κ2) is 9.44. The van der Waals surface area contributed by atoms with Gasteiger partial charge in [-0.3, -0.25) is 4.79 Å². The summed E-state index contributed by atoms with van der Waals surface area (Å²) < 4.78 is 0. The second-order valence-corrected chi connectivity index (χ2v) is 7.00. The van der Waals surface area contributed by atoms with Crippen molar-refractivity contribution in [3.8, 4) is 0 Å². The molecule has 25 heavy (non-hydrogen) atoms. The molecular formula is C20H31N3O2. The van der Waals surface area contributed by atoms with Crippen molar-refractivity contribution in [3.05, 3.63) is 35.4 Å². The summed E-state index contributed by atoms with van der Waals surface area (Å²) in [6.45, 7) is 8.73. The van der Waals surface area contributed by atoms with Gasteiger partial charge in [0.25, 0.3) is 0 Å². The van der Waals surface area contributed by atoms with Gasteiger partial charge >= 0.3 is 6.03 Å². The fourth-order valence-electron chi connectivity index (χ4n) is 3.06. The minimum atomic E-state index is -0.0275. The van der Waals surface area contributed by atoms with E-state index in [2.05, 4.69) is 36.5 Å². The summed E-state index contributed by atoms with van der Waals surface area (Å²) >= 11 is 0. The van der Waals surface area contributed by atoms with Crippen LogP contribution in [0.25, 0.3) is 0 Å². The normalized spacial score (nSPS) is 15.2. The Morgan fingerprint density at radius 2 is 1.60 bits per heavy atom. The van der Waals surface area contributed by atoms with Crippen molar-refractivity contribution in [1.29, 1.82) is 0 Å². The summed E-state index contributed by atoms with van der Waals surface area (Å²) in [5, 5.41) is 2.92. The Hall–Kier alpha value is -2.04. The number of amides is 3. The monoisotopic (exact) mass is 345 g/mol. The average Bonchev–Trinajstić information content (AvgIpc) is 2.86. The van der Waals surface area contributed by atoms with Crippen LogP contribution in [-0.2, 0) is 17.6 Å². The molecular weight excluding hydrogens is 314 g/mol. The van der Waals surface area contributed by atoms with Crippen molar-refractivity contribution in [2.75, 3.05) is 26.2 Å². The predicted molar refractivity (Wildman–Crippen MR) is 101 cm³/mol. The van der Waals surface area contributed by atoms with Crippen molar-refractivity contribution < 1.29 is 9.59 Å². The van der Waals surface area contributed by atoms with E-state index in [0.29, 0.717) is 26.1 Å². The predicted octanol–water partition coefficient (Wildman–Crippen LogP) is 2.83. The fraction of sp³-hybridized carbons (Fsp3) is 0.600. The van der Waals surface area contributed by atoms with Crippen LogP contribution in [-0.4, -0.2) is 54.0 Å². The third kappa shape index (κ3) is 6.07. The van der Waals surface area contributed by atoms with Crippen LogP contribution < -0.4 is 5.32 Å². The molecule has 0 atom stereocenters. The van der Waals surface area contributed by atoms with Gasteiger partial charge in [0, 0.05) is 38.6 Å². The molecule has 0 spiro atoms. The van der Waals surface area contributed by atoms with Crippen LogP contribution in [0.2, 0.25) is 0 Å². The van der Waals surface area contributed by atoms with E-state index < -0.39 is 0 Å². The van der Waals surface area contributed by atoms with Gasteiger partial charge in [0.15, 0.2) is 0 Å². The summed E-state index contributed by atoms with van der Waals surface area (Å²) in [5.74, 6) is 0.186. The molecule has 5 heteroatoms. The van der Waals surface area contributed by atoms with Crippen LogP contribution in [0.3, 0.4) is 0 Å². The van der Waals surface area contributed by atoms with Gasteiger partial charge in [0.2, 0.25) is 5.91 Å². The summed E-state index contributed by atoms with van der Waals surface area (Å²) in [5.41, 5.74) is 2.53. The molecule has 1 aromatic rings. The van der Waals surface area contributed by atoms with Crippen molar-refractivity contribution >= 4 is 11.9 Å². The molecule has 1 N–H and O–H groups in total. The van der Waals surface area contributed by atoms with E-state index in [9.17, 15) is 9.59 Å². The molecule has 1 aromatic carbocycles. The fourth-order valence-corrected chi connectivity index (χ4v) is 3.06. The molecule has 1 aliphatic rings. The van der Waals surface area contributed by atoms with E-state index in [0.717, 1.165) is 25.8 Å². The summed E-state index contributed by atoms with van der Waals surface area (Å²) in [4.78, 5) is 28.3. The minimum absolute atomic E-state index is 0.0275. The molecule has 0 bridgehead atoms. The maximum absolute atomic E-state index is 12.5. The number of carbonyl (C=O) groups excluding carboxylic acids is 2. The first-order chi connectivity index (χ1) is 12.0. The second-order valence-electron chi connectivity index (χ2n) is 7.00. The molecule has 0 radical (unpaired) electrons. The lowest BCUT2D eigenvalue weighted by Gasteiger charge is -2.23. The number of nitrogens with zero attached hydrogens (tertiary/aromatic N) is 2. The lowest BCUT2D eigenvalue weighted by atomic mass is 10.1. The molecule has 0 unspecified atom stereocenters. The number of rotatable bonds is 5. The zero-order valence-electron chi connectivity index (χ0n) is 15.8. The van der Waals surface area contributed by atoms with Gasteiger partial charge in [-0.15, -0.1) is 0 Å². The zero-order valence-corrected chi connectivity index (χ0v) is 15.8. The number of urea groups is 1. The molecule has 0 aromatic heterocycles. The highest BCUT2D eigenvalue weighted by Gasteiger charge is 2.22. The summed E-state index contributed by atoms with van der Waals surface area (Å²) in [6.07, 6.45) is 3.18. The Bertz CT molecular complexity index is 569. The maximum Gasteiger partial charge on any atom is 0.317 e. The molecule has 138 valence electrons. The van der Waals surface area contributed by atoms with Gasteiger partial charge in [-0.25, -0.2) is 4.79 Å². The molecule has 1 fully saturated rings. The number of benzene rings is 1. The quantitative estimate of drug-likeness (QED) is 0.892. The lowest BCUT2D eigenvalue weighted by molar-refractivity contribution is -0.131. The van der Waals surface area contributed by atoms with Gasteiger partial charge in [0.05, 0.1) is 0 Å². The zero-order chi connectivity index (χ0) is 18.2. The van der Waals surface area contributed by atoms with Crippen molar-refractivity contribution in [2.24, 2.45) is 0 Å². The first kappa shape index (κ1) is 19.3. The van der Waals surface area contributed by atoms with Gasteiger partial charge in [-0.05, 0) is 44.2 Å². The van der Waals surface area contributed by atoms with Crippen LogP contribution in [0.15, 0.2) is 24.3 Å². The van der Waals surface area contributed by atoms with Crippen molar-refractivity contribution in [1.82, 2.24) is 15.1 Å². The Labute approximate surface area is 151 Å². The standard InChI is InChI=1S/C20H31N3O2/c1-4-17-6-8-18(9-7-17)10-11-19(24)22-12-5-13-23(15-14-22)20(25)21-16(2)3/h6-9,16H,4-5,10-15H2,1-3H3,(H,21,25). The Morgan fingerprint density at radius 1 is 1.00 bits per heavy atom. The maximum atomic E-state index is 12.5. The highest BCUT2D eigenvalue weighted by Crippen LogP contribution is 2.10. The number of nitrogens with one attached hydrogen (secondary N) is 1.